The fraction of sp³-hybridized carbons (Fsp3) is 0.357. The van der Waals surface area contributed by atoms with Crippen LogP contribution in [0, 0.1) is 11.6 Å². The quantitative estimate of drug-likeness (QED) is 0.246. The fourth-order valence-electron chi connectivity index (χ4n) is 4.76. The summed E-state index contributed by atoms with van der Waals surface area (Å²) < 4.78 is 71.3. The van der Waals surface area contributed by atoms with Gasteiger partial charge in [0.25, 0.3) is 0 Å². The largest absolute Gasteiger partial charge is 0.573 e. The van der Waals surface area contributed by atoms with Crippen LogP contribution in [-0.4, -0.2) is 6.36 Å². The second-order valence-corrected chi connectivity index (χ2v) is 8.90. The Morgan fingerprint density at radius 2 is 1.65 bits per heavy atom. The Morgan fingerprint density at radius 1 is 0.941 bits per heavy atom. The molecule has 0 spiro atoms. The molecule has 1 nitrogen and oxygen atoms in total. The van der Waals surface area contributed by atoms with Gasteiger partial charge in [0.15, 0.2) is 0 Å². The first-order chi connectivity index (χ1) is 16.2. The summed E-state index contributed by atoms with van der Waals surface area (Å²) in [5, 5.41) is 0. The van der Waals surface area contributed by atoms with E-state index in [1.165, 1.54) is 48.6 Å². The lowest BCUT2D eigenvalue weighted by Crippen LogP contribution is -2.17. The van der Waals surface area contributed by atoms with Crippen LogP contribution < -0.4 is 4.74 Å². The summed E-state index contributed by atoms with van der Waals surface area (Å²) in [4.78, 5) is 0. The molecule has 1 aliphatic rings. The summed E-state index contributed by atoms with van der Waals surface area (Å²) in [5.41, 5.74) is 3.58. The Morgan fingerprint density at radius 3 is 2.29 bits per heavy atom. The van der Waals surface area contributed by atoms with Gasteiger partial charge in [0.05, 0.1) is 5.56 Å². The van der Waals surface area contributed by atoms with E-state index in [-0.39, 0.29) is 17.0 Å². The maximum absolute atomic E-state index is 15.4. The van der Waals surface area contributed by atoms with Crippen molar-refractivity contribution in [3.63, 3.8) is 0 Å². The molecule has 6 heteroatoms. The standard InChI is InChI=1S/C28H27F5O/c1-2-3-4-5-18-6-8-19(9-7-18)21-12-15-24-22(16-21)17-25(29)26(27(24)30)20-10-13-23(14-11-20)34-28(31,32)33/h6-11,13-14,17,21H,2-5,12,15-16H2,1H3. The van der Waals surface area contributed by atoms with Crippen molar-refractivity contribution in [3.05, 3.63) is 88.5 Å². The number of alkyl halides is 3. The minimum absolute atomic E-state index is 0.174. The highest BCUT2D eigenvalue weighted by atomic mass is 19.4. The van der Waals surface area contributed by atoms with Gasteiger partial charge in [0.2, 0.25) is 0 Å². The van der Waals surface area contributed by atoms with Gasteiger partial charge in [0, 0.05) is 0 Å². The van der Waals surface area contributed by atoms with Crippen molar-refractivity contribution < 1.29 is 26.7 Å². The molecule has 1 unspecified atom stereocenters. The van der Waals surface area contributed by atoms with Crippen molar-refractivity contribution in [3.8, 4) is 16.9 Å². The lowest BCUT2D eigenvalue weighted by Gasteiger charge is -2.26. The number of rotatable bonds is 7. The average molecular weight is 475 g/mol. The highest BCUT2D eigenvalue weighted by Gasteiger charge is 2.31. The minimum atomic E-state index is -4.82. The molecule has 1 atom stereocenters. The molecule has 0 heterocycles. The predicted octanol–water partition coefficient (Wildman–Crippen LogP) is 8.54. The second kappa shape index (κ2) is 10.2. The van der Waals surface area contributed by atoms with Gasteiger partial charge in [-0.1, -0.05) is 56.2 Å². The SMILES string of the molecule is CCCCCc1ccc(C2CCc3c(cc(F)c(-c4ccc(OC(F)(F)F)cc4)c3F)C2)cc1. The van der Waals surface area contributed by atoms with Gasteiger partial charge in [-0.3, -0.25) is 0 Å². The zero-order valence-electron chi connectivity index (χ0n) is 19.0. The summed E-state index contributed by atoms with van der Waals surface area (Å²) in [6.45, 7) is 2.18. The van der Waals surface area contributed by atoms with E-state index in [4.69, 9.17) is 0 Å². The van der Waals surface area contributed by atoms with Crippen molar-refractivity contribution in [1.29, 1.82) is 0 Å². The molecule has 4 rings (SSSR count). The van der Waals surface area contributed by atoms with Crippen molar-refractivity contribution in [1.82, 2.24) is 0 Å². The first-order valence-electron chi connectivity index (χ1n) is 11.7. The topological polar surface area (TPSA) is 9.23 Å². The Kier molecular flexibility index (Phi) is 7.24. The van der Waals surface area contributed by atoms with Gasteiger partial charge >= 0.3 is 6.36 Å². The Hall–Kier alpha value is -2.89. The summed E-state index contributed by atoms with van der Waals surface area (Å²) in [7, 11) is 0. The molecule has 0 radical (unpaired) electrons. The van der Waals surface area contributed by atoms with E-state index < -0.39 is 23.7 Å². The maximum atomic E-state index is 15.4. The number of hydrogen-bond donors (Lipinski definition) is 0. The lowest BCUT2D eigenvalue weighted by molar-refractivity contribution is -0.274. The first-order valence-corrected chi connectivity index (χ1v) is 11.7. The van der Waals surface area contributed by atoms with Gasteiger partial charge in [-0.2, -0.15) is 0 Å². The van der Waals surface area contributed by atoms with Crippen molar-refractivity contribution >= 4 is 0 Å². The highest BCUT2D eigenvalue weighted by molar-refractivity contribution is 5.67. The molecule has 0 fully saturated rings. The molecule has 0 amide bonds. The third-order valence-electron chi connectivity index (χ3n) is 6.52. The lowest BCUT2D eigenvalue weighted by atomic mass is 9.78. The van der Waals surface area contributed by atoms with E-state index in [0.29, 0.717) is 24.0 Å². The van der Waals surface area contributed by atoms with E-state index in [1.807, 2.05) is 0 Å². The highest BCUT2D eigenvalue weighted by Crippen LogP contribution is 2.39. The third-order valence-corrected chi connectivity index (χ3v) is 6.52. The maximum Gasteiger partial charge on any atom is 0.573 e. The monoisotopic (exact) mass is 474 g/mol. The van der Waals surface area contributed by atoms with Crippen LogP contribution >= 0.6 is 0 Å². The summed E-state index contributed by atoms with van der Waals surface area (Å²) >= 11 is 0. The van der Waals surface area contributed by atoms with Crippen LogP contribution in [-0.2, 0) is 19.3 Å². The van der Waals surface area contributed by atoms with Gasteiger partial charge in [-0.15, -0.1) is 13.2 Å². The smallest absolute Gasteiger partial charge is 0.406 e. The van der Waals surface area contributed by atoms with Crippen molar-refractivity contribution in [2.75, 3.05) is 0 Å². The van der Waals surface area contributed by atoms with Gasteiger partial charge in [-0.05, 0) is 84.0 Å². The Balaban J connectivity index is 1.52. The molecule has 0 bridgehead atoms. The molecule has 0 aliphatic heterocycles. The Bertz CT molecular complexity index is 1120. The van der Waals surface area contributed by atoms with E-state index in [9.17, 15) is 17.6 Å². The number of hydrogen-bond acceptors (Lipinski definition) is 1. The van der Waals surface area contributed by atoms with Crippen LogP contribution in [0.3, 0.4) is 0 Å². The zero-order chi connectivity index (χ0) is 24.3. The van der Waals surface area contributed by atoms with Gasteiger partial charge in [-0.25, -0.2) is 8.78 Å². The summed E-state index contributed by atoms with van der Waals surface area (Å²) in [5.74, 6) is -1.59. The van der Waals surface area contributed by atoms with Crippen LogP contribution in [0.4, 0.5) is 22.0 Å². The van der Waals surface area contributed by atoms with Gasteiger partial charge in [0.1, 0.15) is 17.4 Å². The van der Waals surface area contributed by atoms with E-state index in [1.54, 1.807) is 0 Å². The predicted molar refractivity (Wildman–Crippen MR) is 123 cm³/mol. The Labute approximate surface area is 196 Å². The van der Waals surface area contributed by atoms with Crippen LogP contribution in [0.1, 0.15) is 60.8 Å². The molecule has 0 N–H and O–H groups in total. The van der Waals surface area contributed by atoms with E-state index >= 15 is 4.39 Å². The summed E-state index contributed by atoms with van der Waals surface area (Å²) in [6, 6.07) is 14.5. The molecule has 180 valence electrons. The third kappa shape index (κ3) is 5.60. The molecule has 34 heavy (non-hydrogen) atoms. The second-order valence-electron chi connectivity index (χ2n) is 8.90. The molecular weight excluding hydrogens is 447 g/mol. The van der Waals surface area contributed by atoms with Crippen LogP contribution in [0.15, 0.2) is 54.6 Å². The molecule has 3 aromatic rings. The first kappa shape index (κ1) is 24.2. The van der Waals surface area contributed by atoms with Crippen LogP contribution in [0.2, 0.25) is 0 Å². The zero-order valence-corrected chi connectivity index (χ0v) is 19.0. The molecule has 0 saturated carbocycles. The number of fused-ring (bicyclic) bond motifs is 1. The average Bonchev–Trinajstić information content (AvgIpc) is 2.79. The minimum Gasteiger partial charge on any atom is -0.406 e. The summed E-state index contributed by atoms with van der Waals surface area (Å²) in [6.07, 6.45) is 1.59. The van der Waals surface area contributed by atoms with Crippen LogP contribution in [0.25, 0.3) is 11.1 Å². The van der Waals surface area contributed by atoms with Crippen molar-refractivity contribution in [2.45, 2.75) is 64.1 Å². The van der Waals surface area contributed by atoms with E-state index in [2.05, 4.69) is 35.9 Å². The number of unbranched alkanes of at least 4 members (excludes halogenated alkanes) is 2. The van der Waals surface area contributed by atoms with E-state index in [0.717, 1.165) is 25.0 Å². The fourth-order valence-corrected chi connectivity index (χ4v) is 4.76. The number of benzene rings is 3. The molecule has 3 aromatic carbocycles. The molecule has 0 saturated heterocycles. The van der Waals surface area contributed by atoms with Crippen LogP contribution in [0.5, 0.6) is 5.75 Å². The van der Waals surface area contributed by atoms with Gasteiger partial charge < -0.3 is 4.74 Å². The number of halogens is 5. The molecule has 1 aliphatic carbocycles. The van der Waals surface area contributed by atoms with Crippen molar-refractivity contribution in [2.24, 2.45) is 0 Å². The molecule has 0 aromatic heterocycles. The molecular formula is C28H27F5O. The number of ether oxygens (including phenoxy) is 1. The number of aryl methyl sites for hydroxylation is 1. The normalized spacial score (nSPS) is 15.8.